The second-order valence-corrected chi connectivity index (χ2v) is 13.4. The average molecular weight is 756 g/mol. The molecule has 5 heterocycles. The zero-order valence-corrected chi connectivity index (χ0v) is 31.7. The first-order valence-electron chi connectivity index (χ1n) is 17.8. The molecule has 1 radical (unpaired) electrons. The van der Waals surface area contributed by atoms with E-state index in [-0.39, 0.29) is 59.2 Å². The van der Waals surface area contributed by atoms with Crippen molar-refractivity contribution in [2.45, 2.75) is 91.9 Å². The number of carboxylic acid groups (broad SMARTS) is 2. The molecule has 2 aliphatic rings. The average Bonchev–Trinajstić information content (AvgIpc) is 3.77. The van der Waals surface area contributed by atoms with E-state index in [0.29, 0.717) is 58.8 Å². The van der Waals surface area contributed by atoms with Gasteiger partial charge < -0.3 is 30.8 Å². The van der Waals surface area contributed by atoms with E-state index in [0.717, 1.165) is 52.9 Å². The van der Waals surface area contributed by atoms with Gasteiger partial charge in [0.1, 0.15) is 0 Å². The van der Waals surface area contributed by atoms with Crippen LogP contribution in [0.2, 0.25) is 0 Å². The van der Waals surface area contributed by atoms with Gasteiger partial charge >= 0.3 is 29.0 Å². The summed E-state index contributed by atoms with van der Waals surface area (Å²) in [4.78, 5) is 58.5. The first-order chi connectivity index (χ1) is 24.4. The SMILES string of the molecule is C=Cc1c(C)c2cc3nc(c(CC(=O)NCCNCCCC)c4[n-]c(cc5nc(cc1[n-]2)C(C)=C5CC)c(C)c4C(=O)O)[C@@H](CCC(=O)O)[C@@H]3C.[Cu+2]. The number of hydrogen-bond donors (Lipinski definition) is 4. The minimum atomic E-state index is -1.17. The molecular weight excluding hydrogens is 708 g/mol. The maximum Gasteiger partial charge on any atom is 2.00 e. The van der Waals surface area contributed by atoms with Gasteiger partial charge in [0.2, 0.25) is 5.91 Å². The van der Waals surface area contributed by atoms with Crippen molar-refractivity contribution in [2.24, 2.45) is 0 Å². The summed E-state index contributed by atoms with van der Waals surface area (Å²) in [6.45, 7) is 17.7. The van der Waals surface area contributed by atoms with E-state index < -0.39 is 17.9 Å². The van der Waals surface area contributed by atoms with E-state index in [1.165, 1.54) is 0 Å². The predicted octanol–water partition coefficient (Wildman–Crippen LogP) is 6.67. The molecule has 3 aromatic rings. The molecule has 11 nitrogen and oxygen atoms in total. The topological polar surface area (TPSA) is 170 Å². The first kappa shape index (κ1) is 40.3. The summed E-state index contributed by atoms with van der Waals surface area (Å²) in [6, 6.07) is 5.68. The van der Waals surface area contributed by atoms with Gasteiger partial charge in [0, 0.05) is 48.3 Å². The van der Waals surface area contributed by atoms with E-state index in [1.807, 2.05) is 39.0 Å². The van der Waals surface area contributed by atoms with Crippen molar-refractivity contribution >= 4 is 57.1 Å². The van der Waals surface area contributed by atoms with E-state index in [9.17, 15) is 24.6 Å². The molecule has 0 unspecified atom stereocenters. The van der Waals surface area contributed by atoms with Crippen molar-refractivity contribution in [2.75, 3.05) is 19.6 Å². The molecule has 0 spiro atoms. The number of fused-ring (bicyclic) bond motifs is 8. The number of aromatic carboxylic acids is 1. The van der Waals surface area contributed by atoms with Crippen LogP contribution >= 0.6 is 0 Å². The van der Waals surface area contributed by atoms with Crippen LogP contribution < -0.4 is 20.6 Å². The van der Waals surface area contributed by atoms with E-state index in [4.69, 9.17) is 19.9 Å². The number of aliphatic carboxylic acids is 1. The zero-order chi connectivity index (χ0) is 37.0. The Morgan fingerprint density at radius 3 is 2.31 bits per heavy atom. The normalized spacial score (nSPS) is 15.3. The van der Waals surface area contributed by atoms with Crippen molar-refractivity contribution in [3.05, 3.63) is 75.4 Å². The van der Waals surface area contributed by atoms with Crippen LogP contribution in [0.5, 0.6) is 0 Å². The largest absolute Gasteiger partial charge is 2.00 e. The monoisotopic (exact) mass is 755 g/mol. The maximum absolute atomic E-state index is 13.6. The molecule has 0 saturated heterocycles. The number of amides is 1. The minimum Gasteiger partial charge on any atom is -0.657 e. The number of nitrogens with zero attached hydrogens (tertiary/aromatic N) is 4. The van der Waals surface area contributed by atoms with Crippen molar-refractivity contribution in [3.63, 3.8) is 0 Å². The van der Waals surface area contributed by atoms with E-state index >= 15 is 0 Å². The molecule has 0 fully saturated rings. The van der Waals surface area contributed by atoms with Crippen LogP contribution in [0, 0.1) is 13.8 Å². The third kappa shape index (κ3) is 8.25. The second-order valence-electron chi connectivity index (χ2n) is 13.4. The van der Waals surface area contributed by atoms with Gasteiger partial charge in [-0.3, -0.25) is 14.6 Å². The van der Waals surface area contributed by atoms with Crippen LogP contribution in [-0.4, -0.2) is 57.7 Å². The molecule has 5 rings (SSSR count). The molecule has 8 bridgehead atoms. The number of aryl methyl sites for hydroxylation is 2. The van der Waals surface area contributed by atoms with Crippen molar-refractivity contribution in [1.82, 2.24) is 30.6 Å². The minimum absolute atomic E-state index is 0. The molecule has 3 aromatic heterocycles. The van der Waals surface area contributed by atoms with Crippen LogP contribution in [0.15, 0.2) is 24.8 Å². The maximum atomic E-state index is 13.6. The van der Waals surface area contributed by atoms with E-state index in [1.54, 1.807) is 13.0 Å². The summed E-state index contributed by atoms with van der Waals surface area (Å²) >= 11 is 0. The summed E-state index contributed by atoms with van der Waals surface area (Å²) in [7, 11) is 0. The number of rotatable bonds is 14. The second kappa shape index (κ2) is 17.3. The number of nitrogens with one attached hydrogen (secondary N) is 2. The summed E-state index contributed by atoms with van der Waals surface area (Å²) in [6.07, 6.45) is 4.51. The number of carbonyl (C=O) groups is 3. The van der Waals surface area contributed by atoms with E-state index in [2.05, 4.69) is 31.1 Å². The molecule has 2 atom stereocenters. The molecule has 12 heteroatoms. The third-order valence-electron chi connectivity index (χ3n) is 10.1. The first-order valence-corrected chi connectivity index (χ1v) is 17.8. The van der Waals surface area contributed by atoms with Crippen molar-refractivity contribution < 1.29 is 41.7 Å². The molecule has 4 N–H and O–H groups in total. The third-order valence-corrected chi connectivity index (χ3v) is 10.1. The summed E-state index contributed by atoms with van der Waals surface area (Å²) in [5, 5.41) is 26.6. The van der Waals surface area contributed by atoms with Crippen LogP contribution in [-0.2, 0) is 33.1 Å². The predicted molar refractivity (Wildman–Crippen MR) is 201 cm³/mol. The molecule has 0 aromatic carbocycles. The van der Waals surface area contributed by atoms with Gasteiger partial charge in [-0.2, -0.15) is 0 Å². The fraction of sp³-hybridized carbons (Fsp3) is 0.425. The summed E-state index contributed by atoms with van der Waals surface area (Å²) in [5.41, 5.74) is 9.22. The van der Waals surface area contributed by atoms with Gasteiger partial charge in [-0.15, -0.1) is 22.1 Å². The molecule has 0 aliphatic carbocycles. The van der Waals surface area contributed by atoms with Crippen LogP contribution in [0.4, 0.5) is 0 Å². The van der Waals surface area contributed by atoms with Gasteiger partial charge in [-0.05, 0) is 68.9 Å². The number of hydrogen-bond acceptors (Lipinski definition) is 6. The quantitative estimate of drug-likeness (QED) is 0.103. The zero-order valence-electron chi connectivity index (χ0n) is 30.7. The molecule has 2 aliphatic heterocycles. The fourth-order valence-corrected chi connectivity index (χ4v) is 7.15. The van der Waals surface area contributed by atoms with Gasteiger partial charge in [-0.25, -0.2) is 9.78 Å². The number of carboxylic acids is 2. The van der Waals surface area contributed by atoms with Crippen molar-refractivity contribution in [3.8, 4) is 0 Å². The Labute approximate surface area is 315 Å². The Morgan fingerprint density at radius 1 is 0.942 bits per heavy atom. The Hall–Kier alpha value is -4.51. The Kier molecular flexibility index (Phi) is 13.4. The van der Waals surface area contributed by atoms with Gasteiger partial charge in [-0.1, -0.05) is 69.2 Å². The fourth-order valence-electron chi connectivity index (χ4n) is 7.15. The molecule has 0 saturated carbocycles. The number of unbranched alkanes of at least 4 members (excludes halogenated alkanes) is 1. The molecule has 52 heavy (non-hydrogen) atoms. The van der Waals surface area contributed by atoms with Gasteiger partial charge in [0.25, 0.3) is 0 Å². The number of aromatic nitrogens is 4. The number of allylic oxidation sites excluding steroid dienone is 2. The van der Waals surface area contributed by atoms with Gasteiger partial charge in [0.05, 0.1) is 17.8 Å². The van der Waals surface area contributed by atoms with Crippen molar-refractivity contribution in [1.29, 1.82) is 0 Å². The Bertz CT molecular complexity index is 2080. The van der Waals surface area contributed by atoms with Crippen LogP contribution in [0.25, 0.3) is 39.3 Å². The standard InChI is InChI=1S/C40H50N6O5.Cu/c1-8-11-14-41-15-16-42-35(47)17-28-38-27(12-13-36(48)49)23(6)31(45-38)18-29-21(4)25(9-2)33(43-29)19-30-22(5)26(10-3)34(44-30)20-32-24(7)37(40(50)51)39(28)46-32;/h9,18-20,23,27,41H,2,8,10-17H2,1,3-7H3,(H5,42,43,44,45,46,47,48,49,50,51);/q;+2/p-2/t23-,27-;/m0./s1. The smallest absolute Gasteiger partial charge is 0.657 e. The number of carbonyl (C=O) groups excluding carboxylic acids is 1. The Balaban J connectivity index is 0.00000605. The Morgan fingerprint density at radius 2 is 1.65 bits per heavy atom. The molecular formula is C40H48CuN6O5. The van der Waals surface area contributed by atoms with Crippen LogP contribution in [0.1, 0.15) is 127 Å². The summed E-state index contributed by atoms with van der Waals surface area (Å²) in [5.74, 6) is -3.10. The molecule has 1 amide bonds. The summed E-state index contributed by atoms with van der Waals surface area (Å²) < 4.78 is 0. The molecule has 279 valence electrons. The van der Waals surface area contributed by atoms with Gasteiger partial charge in [0.15, 0.2) is 0 Å². The van der Waals surface area contributed by atoms with Crippen LogP contribution in [0.3, 0.4) is 0 Å².